The van der Waals surface area contributed by atoms with Crippen LogP contribution in [0, 0.1) is 5.82 Å². The van der Waals surface area contributed by atoms with Crippen LogP contribution < -0.4 is 20.1 Å². The Morgan fingerprint density at radius 2 is 1.91 bits per heavy atom. The third kappa shape index (κ3) is 6.40. The molecule has 3 aromatic carbocycles. The van der Waals surface area contributed by atoms with E-state index in [1.807, 2.05) is 18.2 Å². The van der Waals surface area contributed by atoms with Crippen molar-refractivity contribution in [3.05, 3.63) is 88.0 Å². The average molecular weight is 512 g/mol. The summed E-state index contributed by atoms with van der Waals surface area (Å²) in [7, 11) is 1.45. The lowest BCUT2D eigenvalue weighted by atomic mass is 10.2. The molecule has 4 rings (SSSR count). The number of hydrogen-bond donors (Lipinski definition) is 2. The number of benzene rings is 3. The lowest BCUT2D eigenvalue weighted by Crippen LogP contribution is -2.20. The fraction of sp³-hybridized carbons (Fsp3) is 0.0800. The summed E-state index contributed by atoms with van der Waals surface area (Å²) in [5, 5.41) is 5.98. The van der Waals surface area contributed by atoms with Crippen molar-refractivity contribution in [1.29, 1.82) is 0 Å². The molecule has 0 saturated carbocycles. The summed E-state index contributed by atoms with van der Waals surface area (Å²) in [6.45, 7) is -0.271. The number of thioether (sulfide) groups is 1. The Balaban J connectivity index is 1.47. The minimum Gasteiger partial charge on any atom is -0.493 e. The number of para-hydroxylation sites is 1. The van der Waals surface area contributed by atoms with Gasteiger partial charge in [-0.1, -0.05) is 29.8 Å². The first-order valence-electron chi connectivity index (χ1n) is 10.3. The second-order valence-electron chi connectivity index (χ2n) is 7.20. The summed E-state index contributed by atoms with van der Waals surface area (Å²) >= 11 is 7.54. The molecule has 1 aliphatic rings. The van der Waals surface area contributed by atoms with Gasteiger partial charge in [0, 0.05) is 5.69 Å². The summed E-state index contributed by atoms with van der Waals surface area (Å²) in [4.78, 5) is 29.3. The van der Waals surface area contributed by atoms with Gasteiger partial charge in [-0.05, 0) is 71.9 Å². The third-order valence-corrected chi connectivity index (χ3v) is 5.85. The third-order valence-electron chi connectivity index (χ3n) is 4.66. The zero-order valence-corrected chi connectivity index (χ0v) is 20.0. The number of halogens is 2. The van der Waals surface area contributed by atoms with E-state index in [1.54, 1.807) is 30.3 Å². The Kier molecular flexibility index (Phi) is 7.69. The molecule has 0 bridgehead atoms. The minimum absolute atomic E-state index is 0.210. The topological polar surface area (TPSA) is 89.0 Å². The number of ether oxygens (including phenoxy) is 2. The van der Waals surface area contributed by atoms with Crippen molar-refractivity contribution in [2.45, 2.75) is 0 Å². The molecule has 10 heteroatoms. The van der Waals surface area contributed by atoms with E-state index in [0.29, 0.717) is 32.8 Å². The predicted octanol–water partition coefficient (Wildman–Crippen LogP) is 5.40. The lowest BCUT2D eigenvalue weighted by molar-refractivity contribution is -0.118. The number of carbonyl (C=O) groups is 2. The van der Waals surface area contributed by atoms with Gasteiger partial charge in [-0.2, -0.15) is 0 Å². The molecule has 1 heterocycles. The molecule has 2 amide bonds. The van der Waals surface area contributed by atoms with Crippen LogP contribution in [0.15, 0.2) is 76.6 Å². The normalized spacial score (nSPS) is 15.2. The minimum atomic E-state index is -0.368. The van der Waals surface area contributed by atoms with Crippen LogP contribution in [-0.2, 0) is 9.59 Å². The zero-order valence-electron chi connectivity index (χ0n) is 18.4. The van der Waals surface area contributed by atoms with Gasteiger partial charge in [0.1, 0.15) is 5.82 Å². The van der Waals surface area contributed by atoms with Gasteiger partial charge < -0.3 is 20.1 Å². The molecule has 0 atom stereocenters. The van der Waals surface area contributed by atoms with E-state index in [9.17, 15) is 14.0 Å². The number of nitrogens with one attached hydrogen (secondary N) is 2. The maximum absolute atomic E-state index is 13.1. The summed E-state index contributed by atoms with van der Waals surface area (Å²) in [5.74, 6) is -0.536. The first kappa shape index (κ1) is 24.3. The second kappa shape index (κ2) is 11.1. The Bertz CT molecular complexity index is 1310. The number of carbonyl (C=O) groups excluding carboxylic acids is 2. The van der Waals surface area contributed by atoms with Gasteiger partial charge in [-0.25, -0.2) is 9.38 Å². The molecule has 0 aromatic heterocycles. The van der Waals surface area contributed by atoms with Gasteiger partial charge >= 0.3 is 0 Å². The highest BCUT2D eigenvalue weighted by molar-refractivity contribution is 8.18. The number of aliphatic imine (C=N–C) groups is 1. The molecule has 178 valence electrons. The van der Waals surface area contributed by atoms with Crippen LogP contribution in [0.1, 0.15) is 5.56 Å². The number of nitrogens with zero attached hydrogens (tertiary/aromatic N) is 1. The molecule has 0 radical (unpaired) electrons. The number of hydrogen-bond acceptors (Lipinski definition) is 6. The molecule has 0 spiro atoms. The summed E-state index contributed by atoms with van der Waals surface area (Å²) < 4.78 is 24.1. The molecule has 0 unspecified atom stereocenters. The number of amidine groups is 1. The van der Waals surface area contributed by atoms with E-state index in [4.69, 9.17) is 21.1 Å². The molecule has 1 saturated heterocycles. The van der Waals surface area contributed by atoms with Crippen LogP contribution in [0.5, 0.6) is 11.5 Å². The van der Waals surface area contributed by atoms with Gasteiger partial charge in [0.15, 0.2) is 23.3 Å². The van der Waals surface area contributed by atoms with Gasteiger partial charge in [-0.15, -0.1) is 0 Å². The molecule has 1 fully saturated rings. The van der Waals surface area contributed by atoms with Crippen LogP contribution in [0.3, 0.4) is 0 Å². The Morgan fingerprint density at radius 1 is 1.17 bits per heavy atom. The SMILES string of the molecule is COc1cc(/C=C2/SC(=Nc3ccc(F)cc3)NC2=O)cc(Cl)c1OCC(=O)Nc1ccccc1. The van der Waals surface area contributed by atoms with Crippen molar-refractivity contribution >= 4 is 57.8 Å². The highest BCUT2D eigenvalue weighted by Crippen LogP contribution is 2.38. The number of anilines is 1. The van der Waals surface area contributed by atoms with Gasteiger partial charge in [0.05, 0.1) is 22.7 Å². The molecule has 7 nitrogen and oxygen atoms in total. The first-order valence-corrected chi connectivity index (χ1v) is 11.5. The number of amides is 2. The van der Waals surface area contributed by atoms with Crippen molar-refractivity contribution in [2.75, 3.05) is 19.0 Å². The smallest absolute Gasteiger partial charge is 0.264 e. The average Bonchev–Trinajstić information content (AvgIpc) is 3.18. The fourth-order valence-electron chi connectivity index (χ4n) is 3.08. The van der Waals surface area contributed by atoms with E-state index in [2.05, 4.69) is 15.6 Å². The van der Waals surface area contributed by atoms with E-state index in [1.165, 1.54) is 31.4 Å². The highest BCUT2D eigenvalue weighted by Gasteiger charge is 2.24. The van der Waals surface area contributed by atoms with Crippen molar-refractivity contribution < 1.29 is 23.5 Å². The maximum Gasteiger partial charge on any atom is 0.264 e. The van der Waals surface area contributed by atoms with E-state index >= 15 is 0 Å². The van der Waals surface area contributed by atoms with Gasteiger partial charge in [0.25, 0.3) is 11.8 Å². The van der Waals surface area contributed by atoms with Crippen molar-refractivity contribution in [2.24, 2.45) is 4.99 Å². The second-order valence-corrected chi connectivity index (χ2v) is 8.63. The lowest BCUT2D eigenvalue weighted by Gasteiger charge is -2.13. The molecular weight excluding hydrogens is 493 g/mol. The maximum atomic E-state index is 13.1. The highest BCUT2D eigenvalue weighted by atomic mass is 35.5. The Morgan fingerprint density at radius 3 is 2.63 bits per heavy atom. The van der Waals surface area contributed by atoms with Crippen LogP contribution in [0.4, 0.5) is 15.8 Å². The van der Waals surface area contributed by atoms with Gasteiger partial charge in [-0.3, -0.25) is 9.59 Å². The van der Waals surface area contributed by atoms with Crippen molar-refractivity contribution in [1.82, 2.24) is 5.32 Å². The number of methoxy groups -OCH3 is 1. The molecular formula is C25H19ClFN3O4S. The van der Waals surface area contributed by atoms with Gasteiger partial charge in [0.2, 0.25) is 0 Å². The standard InChI is InChI=1S/C25H19ClFN3O4S/c1-33-20-12-15(11-19(26)23(20)34-14-22(31)28-17-5-3-2-4-6-17)13-21-24(32)30-25(35-21)29-18-9-7-16(27)8-10-18/h2-13H,14H2,1H3,(H,28,31)(H,29,30,32)/b21-13+. The van der Waals surface area contributed by atoms with Crippen LogP contribution in [-0.4, -0.2) is 30.7 Å². The predicted molar refractivity (Wildman–Crippen MR) is 136 cm³/mol. The van der Waals surface area contributed by atoms with E-state index in [0.717, 1.165) is 11.8 Å². The molecule has 0 aliphatic carbocycles. The summed E-state index contributed by atoms with van der Waals surface area (Å²) in [5.41, 5.74) is 1.75. The van der Waals surface area contributed by atoms with Crippen molar-refractivity contribution in [3.8, 4) is 11.5 Å². The molecule has 35 heavy (non-hydrogen) atoms. The number of rotatable bonds is 7. The van der Waals surface area contributed by atoms with Crippen molar-refractivity contribution in [3.63, 3.8) is 0 Å². The molecule has 2 N–H and O–H groups in total. The Labute approximate surface area is 210 Å². The first-order chi connectivity index (χ1) is 16.9. The Hall–Kier alpha value is -3.82. The molecule has 1 aliphatic heterocycles. The van der Waals surface area contributed by atoms with Crippen LogP contribution in [0.2, 0.25) is 5.02 Å². The van der Waals surface area contributed by atoms with Crippen LogP contribution in [0.25, 0.3) is 6.08 Å². The largest absolute Gasteiger partial charge is 0.493 e. The van der Waals surface area contributed by atoms with E-state index < -0.39 is 0 Å². The van der Waals surface area contributed by atoms with Crippen LogP contribution >= 0.6 is 23.4 Å². The quantitative estimate of drug-likeness (QED) is 0.415. The molecule has 3 aromatic rings. The summed E-state index contributed by atoms with van der Waals surface area (Å²) in [6, 6.07) is 17.9. The van der Waals surface area contributed by atoms with E-state index in [-0.39, 0.29) is 35.0 Å². The summed E-state index contributed by atoms with van der Waals surface area (Å²) in [6.07, 6.45) is 1.63. The zero-order chi connectivity index (χ0) is 24.8. The monoisotopic (exact) mass is 511 g/mol. The fourth-order valence-corrected chi connectivity index (χ4v) is 4.20.